The van der Waals surface area contributed by atoms with Crippen molar-refractivity contribution in [2.45, 2.75) is 38.5 Å². The number of phenols is 1. The summed E-state index contributed by atoms with van der Waals surface area (Å²) in [6.45, 7) is 8.77. The normalized spacial score (nSPS) is 12.2. The molecule has 6 rings (SSSR count). The smallest absolute Gasteiger partial charge is 0.201 e. The summed E-state index contributed by atoms with van der Waals surface area (Å²) in [6.07, 6.45) is 1.85. The third kappa shape index (κ3) is 5.05. The zero-order valence-corrected chi connectivity index (χ0v) is 26.8. The van der Waals surface area contributed by atoms with Crippen molar-refractivity contribution in [2.75, 3.05) is 0 Å². The average Bonchev–Trinajstić information content (AvgIpc) is 3.07. The lowest BCUT2D eigenvalue weighted by Gasteiger charge is -2.36. The van der Waals surface area contributed by atoms with Gasteiger partial charge in [-0.25, -0.2) is 0 Å². The molecule has 3 nitrogen and oxygen atoms in total. The van der Waals surface area contributed by atoms with E-state index in [1.807, 2.05) is 36.5 Å². The lowest BCUT2D eigenvalue weighted by atomic mass is 9.78. The minimum absolute atomic E-state index is 0.309. The van der Waals surface area contributed by atoms with Gasteiger partial charge in [-0.2, -0.15) is 0 Å². The number of hydrogen-bond donors (Lipinski definition) is 1. The van der Waals surface area contributed by atoms with Gasteiger partial charge in [-0.15, -0.1) is 0 Å². The molecule has 0 aliphatic heterocycles. The van der Waals surface area contributed by atoms with E-state index < -0.39 is 13.5 Å². The summed E-state index contributed by atoms with van der Waals surface area (Å²) in [5, 5.41) is 15.7. The highest BCUT2D eigenvalue weighted by Crippen LogP contribution is 2.36. The van der Waals surface area contributed by atoms with Gasteiger partial charge >= 0.3 is 0 Å². The van der Waals surface area contributed by atoms with Crippen LogP contribution in [0.2, 0.25) is 0 Å². The van der Waals surface area contributed by atoms with Crippen molar-refractivity contribution in [3.63, 3.8) is 0 Å². The number of rotatable bonds is 8. The molecule has 0 atom stereocenters. The monoisotopic (exact) mass is 590 g/mol. The molecule has 0 amide bonds. The van der Waals surface area contributed by atoms with E-state index in [1.54, 1.807) is 6.07 Å². The molecule has 0 aliphatic rings. The van der Waals surface area contributed by atoms with Gasteiger partial charge in [0, 0.05) is 27.9 Å². The van der Waals surface area contributed by atoms with Crippen molar-refractivity contribution in [1.82, 2.24) is 9.97 Å². The Kier molecular flexibility index (Phi) is 7.79. The van der Waals surface area contributed by atoms with Crippen LogP contribution >= 0.6 is 0 Å². The molecule has 0 spiro atoms. The van der Waals surface area contributed by atoms with Crippen molar-refractivity contribution in [1.29, 1.82) is 0 Å². The van der Waals surface area contributed by atoms with E-state index >= 15 is 0 Å². The Labute approximate surface area is 262 Å². The van der Waals surface area contributed by atoms with E-state index in [1.165, 1.54) is 15.6 Å². The molecule has 4 heteroatoms. The Morgan fingerprint density at radius 1 is 0.523 bits per heavy atom. The maximum atomic E-state index is 10.9. The van der Waals surface area contributed by atoms with Crippen molar-refractivity contribution < 1.29 is 5.11 Å². The summed E-state index contributed by atoms with van der Waals surface area (Å²) in [5.74, 6) is 0.309. The summed E-state index contributed by atoms with van der Waals surface area (Å²) in [5.41, 5.74) is 3.21. The van der Waals surface area contributed by atoms with Crippen molar-refractivity contribution in [3.8, 4) is 5.75 Å². The van der Waals surface area contributed by atoms with Crippen LogP contribution in [0.3, 0.4) is 0 Å². The molecule has 2 aromatic heterocycles. The highest BCUT2D eigenvalue weighted by molar-refractivity contribution is 7.19. The third-order valence-corrected chi connectivity index (χ3v) is 13.7. The van der Waals surface area contributed by atoms with Crippen LogP contribution in [0, 0.1) is 0 Å². The quantitative estimate of drug-likeness (QED) is 0.169. The molecule has 1 N–H and O–H groups in total. The van der Waals surface area contributed by atoms with E-state index in [9.17, 15) is 5.11 Å². The average molecular weight is 591 g/mol. The van der Waals surface area contributed by atoms with Gasteiger partial charge in [-0.3, -0.25) is 9.97 Å². The molecule has 0 aliphatic carbocycles. The van der Waals surface area contributed by atoms with Gasteiger partial charge in [0.2, 0.25) is 8.07 Å². The van der Waals surface area contributed by atoms with Crippen LogP contribution in [0.15, 0.2) is 152 Å². The zero-order chi connectivity index (χ0) is 30.8. The molecule has 2 heterocycles. The Morgan fingerprint density at radius 3 is 1.73 bits per heavy atom. The highest BCUT2D eigenvalue weighted by atomic mass is 28.3. The fourth-order valence-electron chi connectivity index (χ4n) is 6.47. The number of nitrogens with zero attached hydrogens (tertiary/aromatic N) is 2. The van der Waals surface area contributed by atoms with Gasteiger partial charge in [0.15, 0.2) is 0 Å². The van der Waals surface area contributed by atoms with E-state index in [0.717, 1.165) is 27.8 Å². The van der Waals surface area contributed by atoms with E-state index in [4.69, 9.17) is 9.97 Å². The SMILES string of the molecule is CC(C)(c1ccccn1)c1cccc([Si](c2ccccc2)(c2ccccc2)c2cccc(C(C)(C)c3ccccc3O)c2)n1. The second-order valence-electron chi connectivity index (χ2n) is 12.5. The highest BCUT2D eigenvalue weighted by Gasteiger charge is 2.44. The number of hydrogen-bond acceptors (Lipinski definition) is 3. The summed E-state index contributed by atoms with van der Waals surface area (Å²) < 4.78 is 0. The summed E-state index contributed by atoms with van der Waals surface area (Å²) in [7, 11) is -2.93. The Hall–Kier alpha value is -4.80. The van der Waals surface area contributed by atoms with Gasteiger partial charge in [0.1, 0.15) is 5.75 Å². The van der Waals surface area contributed by atoms with Gasteiger partial charge in [0.25, 0.3) is 0 Å². The molecular weight excluding hydrogens is 553 g/mol. The summed E-state index contributed by atoms with van der Waals surface area (Å²) in [6, 6.07) is 51.0. The van der Waals surface area contributed by atoms with Crippen LogP contribution in [-0.2, 0) is 10.8 Å². The molecule has 4 aromatic carbocycles. The van der Waals surface area contributed by atoms with Crippen LogP contribution < -0.4 is 20.9 Å². The van der Waals surface area contributed by atoms with Crippen LogP contribution in [-0.4, -0.2) is 23.1 Å². The molecule has 6 aromatic rings. The Bertz CT molecular complexity index is 1830. The Balaban J connectivity index is 1.65. The maximum absolute atomic E-state index is 10.9. The summed E-state index contributed by atoms with van der Waals surface area (Å²) >= 11 is 0. The molecule has 0 unspecified atom stereocenters. The number of para-hydroxylation sites is 1. The fourth-order valence-corrected chi connectivity index (χ4v) is 11.1. The van der Waals surface area contributed by atoms with Crippen molar-refractivity contribution in [2.24, 2.45) is 0 Å². The molecule has 0 saturated carbocycles. The third-order valence-electron chi connectivity index (χ3n) is 9.09. The van der Waals surface area contributed by atoms with Crippen molar-refractivity contribution in [3.05, 3.63) is 174 Å². The predicted octanol–water partition coefficient (Wildman–Crippen LogP) is 6.21. The molecule has 0 radical (unpaired) electrons. The second-order valence-corrected chi connectivity index (χ2v) is 16.2. The Morgan fingerprint density at radius 2 is 1.09 bits per heavy atom. The molecule has 44 heavy (non-hydrogen) atoms. The van der Waals surface area contributed by atoms with Gasteiger partial charge < -0.3 is 5.11 Å². The first-order valence-corrected chi connectivity index (χ1v) is 17.2. The van der Waals surface area contributed by atoms with Crippen LogP contribution in [0.4, 0.5) is 0 Å². The zero-order valence-electron chi connectivity index (χ0n) is 25.8. The van der Waals surface area contributed by atoms with Gasteiger partial charge in [-0.05, 0) is 65.3 Å². The van der Waals surface area contributed by atoms with E-state index in [2.05, 4.69) is 137 Å². The van der Waals surface area contributed by atoms with E-state index in [0.29, 0.717) is 5.75 Å². The van der Waals surface area contributed by atoms with Crippen LogP contribution in [0.5, 0.6) is 5.75 Å². The molecular formula is C40H38N2OSi. The largest absolute Gasteiger partial charge is 0.508 e. The van der Waals surface area contributed by atoms with Crippen LogP contribution in [0.1, 0.15) is 50.2 Å². The predicted molar refractivity (Wildman–Crippen MR) is 184 cm³/mol. The molecule has 0 bridgehead atoms. The van der Waals surface area contributed by atoms with Crippen molar-refractivity contribution >= 4 is 29.0 Å². The first-order valence-electron chi connectivity index (χ1n) is 15.2. The molecule has 218 valence electrons. The number of pyridine rings is 2. The lowest BCUT2D eigenvalue weighted by Crippen LogP contribution is -2.75. The number of aromatic nitrogens is 2. The van der Waals surface area contributed by atoms with Crippen LogP contribution in [0.25, 0.3) is 0 Å². The molecule has 0 saturated heterocycles. The molecule has 0 fully saturated rings. The minimum Gasteiger partial charge on any atom is -0.508 e. The first kappa shape index (κ1) is 29.3. The minimum atomic E-state index is -2.93. The van der Waals surface area contributed by atoms with Gasteiger partial charge in [0.05, 0.1) is 11.4 Å². The topological polar surface area (TPSA) is 46.0 Å². The van der Waals surface area contributed by atoms with E-state index in [-0.39, 0.29) is 5.41 Å². The standard InChI is InChI=1S/C40H38N2OSi/c1-39(2,34-23-11-12-24-35(34)43)30-17-15-22-33(29-30)44(31-18-7-5-8-19-31,32-20-9-6-10-21-32)38-27-16-26-37(42-38)40(3,4)36-25-13-14-28-41-36/h5-29,43H,1-4H3. The number of aromatic hydroxyl groups is 1. The van der Waals surface area contributed by atoms with Gasteiger partial charge in [-0.1, -0.05) is 129 Å². The maximum Gasteiger partial charge on any atom is 0.201 e. The number of benzene rings is 4. The second kappa shape index (κ2) is 11.7. The summed E-state index contributed by atoms with van der Waals surface area (Å²) in [4.78, 5) is 10.3. The lowest BCUT2D eigenvalue weighted by molar-refractivity contribution is 0.453. The first-order chi connectivity index (χ1) is 21.3. The number of phenolic OH excluding ortho intramolecular Hbond substituents is 1. The fraction of sp³-hybridized carbons (Fsp3) is 0.150.